The lowest BCUT2D eigenvalue weighted by Gasteiger charge is -2.23. The van der Waals surface area contributed by atoms with E-state index in [0.29, 0.717) is 5.88 Å². The lowest BCUT2D eigenvalue weighted by molar-refractivity contribution is 0.405. The van der Waals surface area contributed by atoms with Crippen LogP contribution in [0.1, 0.15) is 62.0 Å². The molecule has 0 radical (unpaired) electrons. The van der Waals surface area contributed by atoms with Gasteiger partial charge in [-0.25, -0.2) is 0 Å². The van der Waals surface area contributed by atoms with E-state index in [4.69, 9.17) is 11.6 Å². The van der Waals surface area contributed by atoms with Gasteiger partial charge in [-0.2, -0.15) is 0 Å². The Morgan fingerprint density at radius 2 is 1.89 bits per heavy atom. The average molecular weight is 275 g/mol. The third-order valence-electron chi connectivity index (χ3n) is 4.60. The number of benzene rings is 1. The number of halogens is 1. The molecule has 0 bridgehead atoms. The predicted molar refractivity (Wildman–Crippen MR) is 83.7 cm³/mol. The molecule has 2 fully saturated rings. The molecule has 1 aromatic rings. The highest BCUT2D eigenvalue weighted by Crippen LogP contribution is 2.40. The molecule has 2 saturated carbocycles. The summed E-state index contributed by atoms with van der Waals surface area (Å²) in [6.45, 7) is 0. The second-order valence-corrected chi connectivity index (χ2v) is 6.40. The van der Waals surface area contributed by atoms with E-state index in [1.807, 2.05) is 0 Å². The largest absolute Gasteiger partial charge is 0.122 e. The van der Waals surface area contributed by atoms with Crippen LogP contribution in [0.2, 0.25) is 0 Å². The van der Waals surface area contributed by atoms with Crippen molar-refractivity contribution in [2.24, 2.45) is 5.92 Å². The molecule has 3 rings (SSSR count). The van der Waals surface area contributed by atoms with Crippen molar-refractivity contribution in [2.45, 2.75) is 50.9 Å². The van der Waals surface area contributed by atoms with Gasteiger partial charge in [0.2, 0.25) is 0 Å². The van der Waals surface area contributed by atoms with Crippen molar-refractivity contribution < 1.29 is 0 Å². The molecule has 0 nitrogen and oxygen atoms in total. The quantitative estimate of drug-likeness (QED) is 0.612. The Morgan fingerprint density at radius 1 is 1.11 bits per heavy atom. The predicted octanol–water partition coefficient (Wildman–Crippen LogP) is 5.77. The van der Waals surface area contributed by atoms with E-state index < -0.39 is 0 Å². The first-order valence-electron chi connectivity index (χ1n) is 7.73. The fraction of sp³-hybridized carbons (Fsp3) is 0.556. The molecule has 1 aromatic carbocycles. The van der Waals surface area contributed by atoms with E-state index >= 15 is 0 Å². The van der Waals surface area contributed by atoms with Gasteiger partial charge in [0.15, 0.2) is 0 Å². The summed E-state index contributed by atoms with van der Waals surface area (Å²) < 4.78 is 0. The molecule has 19 heavy (non-hydrogen) atoms. The summed E-state index contributed by atoms with van der Waals surface area (Å²) in [6.07, 6.45) is 11.9. The minimum absolute atomic E-state index is 0.693. The molecule has 0 unspecified atom stereocenters. The molecule has 0 atom stereocenters. The van der Waals surface area contributed by atoms with Crippen LogP contribution in [-0.2, 0) is 0 Å². The van der Waals surface area contributed by atoms with Gasteiger partial charge in [0.05, 0.1) is 0 Å². The molecule has 0 saturated heterocycles. The topological polar surface area (TPSA) is 0 Å². The van der Waals surface area contributed by atoms with Gasteiger partial charge in [0, 0.05) is 5.88 Å². The average Bonchev–Trinajstić information content (AvgIpc) is 3.31. The molecular formula is C18H23Cl. The van der Waals surface area contributed by atoms with Gasteiger partial charge >= 0.3 is 0 Å². The maximum atomic E-state index is 6.20. The van der Waals surface area contributed by atoms with Crippen molar-refractivity contribution in [3.05, 3.63) is 41.0 Å². The minimum Gasteiger partial charge on any atom is -0.122 e. The summed E-state index contributed by atoms with van der Waals surface area (Å²) in [5.74, 6) is 2.26. The van der Waals surface area contributed by atoms with Gasteiger partial charge in [-0.15, -0.1) is 11.6 Å². The van der Waals surface area contributed by atoms with E-state index in [-0.39, 0.29) is 0 Å². The van der Waals surface area contributed by atoms with Crippen molar-refractivity contribution in [1.82, 2.24) is 0 Å². The molecule has 0 spiro atoms. The first-order valence-corrected chi connectivity index (χ1v) is 8.26. The van der Waals surface area contributed by atoms with Crippen LogP contribution in [0, 0.1) is 5.92 Å². The SMILES string of the molecule is ClCC(=Cc1cccc(C2CC2)c1)C1CCCCC1. The highest BCUT2D eigenvalue weighted by Gasteiger charge is 2.23. The Balaban J connectivity index is 1.78. The van der Waals surface area contributed by atoms with Crippen LogP contribution < -0.4 is 0 Å². The summed E-state index contributed by atoms with van der Waals surface area (Å²) in [6, 6.07) is 9.07. The van der Waals surface area contributed by atoms with E-state index in [9.17, 15) is 0 Å². The Morgan fingerprint density at radius 3 is 2.58 bits per heavy atom. The second-order valence-electron chi connectivity index (χ2n) is 6.13. The molecular weight excluding hydrogens is 252 g/mol. The number of allylic oxidation sites excluding steroid dienone is 1. The van der Waals surface area contributed by atoms with Crippen molar-refractivity contribution in [2.75, 3.05) is 5.88 Å². The zero-order valence-corrected chi connectivity index (χ0v) is 12.3. The zero-order chi connectivity index (χ0) is 13.1. The van der Waals surface area contributed by atoms with Crippen molar-refractivity contribution in [3.8, 4) is 0 Å². The van der Waals surface area contributed by atoms with Gasteiger partial charge in [-0.05, 0) is 48.6 Å². The molecule has 102 valence electrons. The number of rotatable bonds is 4. The number of alkyl halides is 1. The molecule has 2 aliphatic rings. The first-order chi connectivity index (χ1) is 9.36. The van der Waals surface area contributed by atoms with Crippen molar-refractivity contribution in [1.29, 1.82) is 0 Å². The van der Waals surface area contributed by atoms with Gasteiger partial charge < -0.3 is 0 Å². The van der Waals surface area contributed by atoms with E-state index in [1.165, 1.54) is 61.6 Å². The first kappa shape index (κ1) is 13.2. The van der Waals surface area contributed by atoms with Crippen LogP contribution in [0.25, 0.3) is 6.08 Å². The maximum Gasteiger partial charge on any atom is 0.0439 e. The summed E-state index contributed by atoms with van der Waals surface area (Å²) in [4.78, 5) is 0. The molecule has 1 heteroatoms. The third kappa shape index (κ3) is 3.42. The molecule has 0 aliphatic heterocycles. The third-order valence-corrected chi connectivity index (χ3v) is 4.90. The monoisotopic (exact) mass is 274 g/mol. The van der Waals surface area contributed by atoms with Crippen LogP contribution in [0.15, 0.2) is 29.8 Å². The van der Waals surface area contributed by atoms with Gasteiger partial charge in [-0.1, -0.05) is 55.2 Å². The summed E-state index contributed by atoms with van der Waals surface area (Å²) in [5, 5.41) is 0. The zero-order valence-electron chi connectivity index (χ0n) is 11.6. The lowest BCUT2D eigenvalue weighted by Crippen LogP contribution is -2.10. The van der Waals surface area contributed by atoms with Crippen LogP contribution in [0.4, 0.5) is 0 Å². The Labute approximate surface area is 121 Å². The van der Waals surface area contributed by atoms with E-state index in [2.05, 4.69) is 30.3 Å². The normalized spacial score (nSPS) is 21.6. The number of hydrogen-bond donors (Lipinski definition) is 0. The smallest absolute Gasteiger partial charge is 0.0439 e. The Bertz CT molecular complexity index is 451. The Kier molecular flexibility index (Phi) is 4.28. The highest BCUT2D eigenvalue weighted by molar-refractivity contribution is 6.19. The summed E-state index contributed by atoms with van der Waals surface area (Å²) in [5.41, 5.74) is 4.33. The second kappa shape index (κ2) is 6.13. The molecule has 0 heterocycles. The van der Waals surface area contributed by atoms with Crippen LogP contribution in [0.5, 0.6) is 0 Å². The van der Waals surface area contributed by atoms with Crippen LogP contribution >= 0.6 is 11.6 Å². The van der Waals surface area contributed by atoms with E-state index in [1.54, 1.807) is 0 Å². The van der Waals surface area contributed by atoms with Gasteiger partial charge in [0.1, 0.15) is 0 Å². The van der Waals surface area contributed by atoms with E-state index in [0.717, 1.165) is 11.8 Å². The molecule has 2 aliphatic carbocycles. The Hall–Kier alpha value is -0.750. The maximum absolute atomic E-state index is 6.20. The van der Waals surface area contributed by atoms with Gasteiger partial charge in [0.25, 0.3) is 0 Å². The summed E-state index contributed by atoms with van der Waals surface area (Å²) >= 11 is 6.20. The standard InChI is InChI=1S/C18H23Cl/c19-13-18(15-6-2-1-3-7-15)12-14-5-4-8-17(11-14)16-9-10-16/h4-5,8,11-12,15-16H,1-3,6-7,9-10,13H2. The van der Waals surface area contributed by atoms with Crippen molar-refractivity contribution in [3.63, 3.8) is 0 Å². The van der Waals surface area contributed by atoms with Crippen LogP contribution in [-0.4, -0.2) is 5.88 Å². The molecule has 0 N–H and O–H groups in total. The number of hydrogen-bond acceptors (Lipinski definition) is 0. The molecule has 0 amide bonds. The van der Waals surface area contributed by atoms with Gasteiger partial charge in [-0.3, -0.25) is 0 Å². The molecule has 0 aromatic heterocycles. The van der Waals surface area contributed by atoms with Crippen LogP contribution in [0.3, 0.4) is 0 Å². The minimum atomic E-state index is 0.693. The summed E-state index contributed by atoms with van der Waals surface area (Å²) in [7, 11) is 0. The lowest BCUT2D eigenvalue weighted by atomic mass is 9.83. The highest BCUT2D eigenvalue weighted by atomic mass is 35.5. The fourth-order valence-corrected chi connectivity index (χ4v) is 3.57. The van der Waals surface area contributed by atoms with Crippen molar-refractivity contribution >= 4 is 17.7 Å². The fourth-order valence-electron chi connectivity index (χ4n) is 3.27.